The van der Waals surface area contributed by atoms with Crippen molar-refractivity contribution in [3.8, 4) is 0 Å². The van der Waals surface area contributed by atoms with Gasteiger partial charge in [0.1, 0.15) is 0 Å². The highest BCUT2D eigenvalue weighted by atomic mass is 16.5. The fraction of sp³-hybridized carbons (Fsp3) is 0.867. The summed E-state index contributed by atoms with van der Waals surface area (Å²) in [6, 6.07) is 0.734. The van der Waals surface area contributed by atoms with E-state index in [4.69, 9.17) is 4.74 Å². The molecule has 1 saturated carbocycles. The minimum Gasteiger partial charge on any atom is -0.466 e. The molecule has 2 aliphatic rings. The molecule has 5 nitrogen and oxygen atoms in total. The van der Waals surface area contributed by atoms with Crippen molar-refractivity contribution in [1.82, 2.24) is 10.6 Å². The van der Waals surface area contributed by atoms with E-state index >= 15 is 0 Å². The predicted molar refractivity (Wildman–Crippen MR) is 76.2 cm³/mol. The lowest BCUT2D eigenvalue weighted by Crippen LogP contribution is -2.42. The van der Waals surface area contributed by atoms with E-state index in [1.165, 1.54) is 0 Å². The summed E-state index contributed by atoms with van der Waals surface area (Å²) in [7, 11) is 0. The molecule has 20 heavy (non-hydrogen) atoms. The molecular formula is C15H26N2O3. The van der Waals surface area contributed by atoms with Gasteiger partial charge in [0, 0.05) is 25.0 Å². The second-order valence-corrected chi connectivity index (χ2v) is 5.86. The summed E-state index contributed by atoms with van der Waals surface area (Å²) in [4.78, 5) is 23.2. The van der Waals surface area contributed by atoms with E-state index in [-0.39, 0.29) is 17.8 Å². The maximum Gasteiger partial charge on any atom is 0.308 e. The zero-order chi connectivity index (χ0) is 14.4. The largest absolute Gasteiger partial charge is 0.466 e. The lowest BCUT2D eigenvalue weighted by atomic mass is 9.85. The molecule has 1 heterocycles. The molecule has 1 saturated heterocycles. The van der Waals surface area contributed by atoms with Crippen LogP contribution in [0.5, 0.6) is 0 Å². The molecule has 0 bridgehead atoms. The summed E-state index contributed by atoms with van der Waals surface area (Å²) < 4.78 is 5.08. The first-order valence-corrected chi connectivity index (χ1v) is 7.88. The molecular weight excluding hydrogens is 256 g/mol. The highest BCUT2D eigenvalue weighted by Crippen LogP contribution is 2.26. The van der Waals surface area contributed by atoms with E-state index in [0.717, 1.165) is 45.1 Å². The Bertz CT molecular complexity index is 338. The van der Waals surface area contributed by atoms with Crippen LogP contribution in [0.15, 0.2) is 0 Å². The molecule has 1 amide bonds. The van der Waals surface area contributed by atoms with Gasteiger partial charge in [-0.25, -0.2) is 0 Å². The number of hydrogen-bond donors (Lipinski definition) is 2. The Kier molecular flexibility index (Phi) is 5.83. The van der Waals surface area contributed by atoms with Gasteiger partial charge in [-0.15, -0.1) is 0 Å². The van der Waals surface area contributed by atoms with Crippen LogP contribution < -0.4 is 10.6 Å². The Morgan fingerprint density at radius 1 is 1.25 bits per heavy atom. The quantitative estimate of drug-likeness (QED) is 0.764. The van der Waals surface area contributed by atoms with Crippen molar-refractivity contribution in [3.05, 3.63) is 0 Å². The van der Waals surface area contributed by atoms with E-state index in [1.807, 2.05) is 6.92 Å². The van der Waals surface area contributed by atoms with Crippen LogP contribution in [0.1, 0.15) is 51.9 Å². The molecule has 114 valence electrons. The third kappa shape index (κ3) is 4.47. The number of hydrogen-bond acceptors (Lipinski definition) is 4. The predicted octanol–water partition coefficient (Wildman–Crippen LogP) is 1.37. The first-order chi connectivity index (χ1) is 9.69. The van der Waals surface area contributed by atoms with Crippen LogP contribution in [0, 0.1) is 5.92 Å². The van der Waals surface area contributed by atoms with Crippen molar-refractivity contribution in [2.75, 3.05) is 13.2 Å². The Labute approximate surface area is 120 Å². The highest BCUT2D eigenvalue weighted by molar-refractivity contribution is 5.76. The zero-order valence-electron chi connectivity index (χ0n) is 12.3. The highest BCUT2D eigenvalue weighted by Gasteiger charge is 2.29. The molecule has 0 spiro atoms. The van der Waals surface area contributed by atoms with Crippen molar-refractivity contribution >= 4 is 11.9 Å². The van der Waals surface area contributed by atoms with Crippen molar-refractivity contribution < 1.29 is 14.3 Å². The molecule has 0 aromatic rings. The second-order valence-electron chi connectivity index (χ2n) is 5.86. The van der Waals surface area contributed by atoms with Gasteiger partial charge in [-0.2, -0.15) is 0 Å². The van der Waals surface area contributed by atoms with Gasteiger partial charge in [0.15, 0.2) is 0 Å². The molecule has 2 rings (SSSR count). The molecule has 0 aromatic heterocycles. The Balaban J connectivity index is 1.73. The van der Waals surface area contributed by atoms with Crippen molar-refractivity contribution in [2.24, 2.45) is 5.92 Å². The van der Waals surface area contributed by atoms with E-state index in [0.29, 0.717) is 25.1 Å². The number of nitrogens with one attached hydrogen (secondary N) is 2. The Morgan fingerprint density at radius 2 is 2.00 bits per heavy atom. The summed E-state index contributed by atoms with van der Waals surface area (Å²) >= 11 is 0. The molecule has 1 unspecified atom stereocenters. The molecule has 2 fully saturated rings. The Hall–Kier alpha value is -1.10. The van der Waals surface area contributed by atoms with Gasteiger partial charge in [-0.3, -0.25) is 9.59 Å². The number of ether oxygens (including phenoxy) is 1. The first-order valence-electron chi connectivity index (χ1n) is 7.88. The molecule has 5 heteroatoms. The standard InChI is InChI=1S/C15H26N2O3/c1-2-20-15(19)11-5-7-12(8-6-11)17-13-4-3-9-16-14(18)10-13/h11-13,17H,2-10H2,1H3,(H,16,18). The summed E-state index contributed by atoms with van der Waals surface area (Å²) in [6.07, 6.45) is 6.48. The average molecular weight is 282 g/mol. The van der Waals surface area contributed by atoms with Crippen LogP contribution in [-0.4, -0.2) is 37.1 Å². The minimum atomic E-state index is -0.0419. The van der Waals surface area contributed by atoms with Gasteiger partial charge >= 0.3 is 5.97 Å². The van der Waals surface area contributed by atoms with E-state index in [2.05, 4.69) is 10.6 Å². The second kappa shape index (κ2) is 7.62. The molecule has 0 radical (unpaired) electrons. The summed E-state index contributed by atoms with van der Waals surface area (Å²) in [5.74, 6) is 0.186. The summed E-state index contributed by atoms with van der Waals surface area (Å²) in [5.41, 5.74) is 0. The van der Waals surface area contributed by atoms with Crippen molar-refractivity contribution in [1.29, 1.82) is 0 Å². The smallest absolute Gasteiger partial charge is 0.308 e. The van der Waals surface area contributed by atoms with Gasteiger partial charge in [0.2, 0.25) is 5.91 Å². The third-order valence-corrected chi connectivity index (χ3v) is 4.30. The van der Waals surface area contributed by atoms with Crippen LogP contribution in [-0.2, 0) is 14.3 Å². The van der Waals surface area contributed by atoms with Gasteiger partial charge < -0.3 is 15.4 Å². The molecule has 1 aliphatic heterocycles. The minimum absolute atomic E-state index is 0.0419. The first kappa shape index (κ1) is 15.3. The van der Waals surface area contributed by atoms with E-state index in [1.54, 1.807) is 0 Å². The fourth-order valence-corrected chi connectivity index (χ4v) is 3.21. The van der Waals surface area contributed by atoms with Crippen LogP contribution in [0.25, 0.3) is 0 Å². The van der Waals surface area contributed by atoms with Gasteiger partial charge in [-0.1, -0.05) is 0 Å². The molecule has 1 atom stereocenters. The van der Waals surface area contributed by atoms with Crippen LogP contribution in [0.2, 0.25) is 0 Å². The number of carbonyl (C=O) groups excluding carboxylic acids is 2. The molecule has 2 N–H and O–H groups in total. The lowest BCUT2D eigenvalue weighted by molar-refractivity contribution is -0.149. The van der Waals surface area contributed by atoms with Crippen LogP contribution in [0.3, 0.4) is 0 Å². The third-order valence-electron chi connectivity index (χ3n) is 4.30. The van der Waals surface area contributed by atoms with E-state index < -0.39 is 0 Å². The van der Waals surface area contributed by atoms with E-state index in [9.17, 15) is 9.59 Å². The average Bonchev–Trinajstić information content (AvgIpc) is 2.64. The van der Waals surface area contributed by atoms with Crippen molar-refractivity contribution in [3.63, 3.8) is 0 Å². The summed E-state index contributed by atoms with van der Waals surface area (Å²) in [6.45, 7) is 3.11. The number of carbonyl (C=O) groups is 2. The van der Waals surface area contributed by atoms with Crippen molar-refractivity contribution in [2.45, 2.75) is 64.0 Å². The maximum atomic E-state index is 11.7. The van der Waals surface area contributed by atoms with Crippen LogP contribution >= 0.6 is 0 Å². The number of amides is 1. The Morgan fingerprint density at radius 3 is 2.70 bits per heavy atom. The zero-order valence-corrected chi connectivity index (χ0v) is 12.3. The molecule has 0 aromatic carbocycles. The van der Waals surface area contributed by atoms with Crippen LogP contribution in [0.4, 0.5) is 0 Å². The number of esters is 1. The SMILES string of the molecule is CCOC(=O)C1CCC(NC2CCCNC(=O)C2)CC1. The van der Waals surface area contributed by atoms with Gasteiger partial charge in [0.05, 0.1) is 12.5 Å². The topological polar surface area (TPSA) is 67.4 Å². The molecule has 1 aliphatic carbocycles. The normalized spacial score (nSPS) is 31.2. The monoisotopic (exact) mass is 282 g/mol. The number of rotatable bonds is 4. The van der Waals surface area contributed by atoms with Gasteiger partial charge in [-0.05, 0) is 45.4 Å². The maximum absolute atomic E-state index is 11.7. The lowest BCUT2D eigenvalue weighted by Gasteiger charge is -2.30. The fourth-order valence-electron chi connectivity index (χ4n) is 3.21. The van der Waals surface area contributed by atoms with Gasteiger partial charge in [0.25, 0.3) is 0 Å². The summed E-state index contributed by atoms with van der Waals surface area (Å²) in [5, 5.41) is 6.51.